The van der Waals surface area contributed by atoms with Gasteiger partial charge in [-0.05, 0) is 12.8 Å². The lowest BCUT2D eigenvalue weighted by Crippen LogP contribution is -2.17. The summed E-state index contributed by atoms with van der Waals surface area (Å²) in [5, 5.41) is 4.77. The third-order valence-electron chi connectivity index (χ3n) is 1.73. The predicted molar refractivity (Wildman–Crippen MR) is 53.3 cm³/mol. The Morgan fingerprint density at radius 2 is 1.62 bits per heavy atom. The molecule has 0 aliphatic carbocycles. The van der Waals surface area contributed by atoms with Crippen LogP contribution in [0.2, 0.25) is 0 Å². The molecule has 0 radical (unpaired) electrons. The molecule has 8 heteroatoms. The smallest absolute Gasteiger partial charge is 0.372 e. The molecular formula is C8H16F3NO3S. The van der Waals surface area contributed by atoms with Crippen LogP contribution in [0.5, 0.6) is 0 Å². The van der Waals surface area contributed by atoms with E-state index < -0.39 is 22.8 Å². The summed E-state index contributed by atoms with van der Waals surface area (Å²) in [7, 11) is -3.42. The van der Waals surface area contributed by atoms with E-state index >= 15 is 0 Å². The van der Waals surface area contributed by atoms with Crippen LogP contribution in [0.4, 0.5) is 13.2 Å². The van der Waals surface area contributed by atoms with Crippen molar-refractivity contribution in [1.29, 1.82) is 0 Å². The van der Waals surface area contributed by atoms with Gasteiger partial charge in [-0.1, -0.05) is 12.8 Å². The van der Waals surface area contributed by atoms with E-state index in [1.807, 2.05) is 0 Å². The molecule has 0 bridgehead atoms. The molecule has 0 heterocycles. The lowest BCUT2D eigenvalue weighted by molar-refractivity contribution is -0.174. The Hall–Kier alpha value is -0.340. The summed E-state index contributed by atoms with van der Waals surface area (Å²) in [5.41, 5.74) is 0. The minimum atomic E-state index is -4.28. The van der Waals surface area contributed by atoms with E-state index in [2.05, 4.69) is 4.74 Å². The summed E-state index contributed by atoms with van der Waals surface area (Å²) >= 11 is 0. The number of nitrogens with two attached hydrogens (primary N) is 1. The van der Waals surface area contributed by atoms with Gasteiger partial charge in [-0.3, -0.25) is 0 Å². The highest BCUT2D eigenvalue weighted by Crippen LogP contribution is 2.14. The van der Waals surface area contributed by atoms with Crippen molar-refractivity contribution < 1.29 is 26.3 Å². The van der Waals surface area contributed by atoms with Crippen molar-refractivity contribution in [3.63, 3.8) is 0 Å². The zero-order valence-electron chi connectivity index (χ0n) is 8.79. The lowest BCUT2D eigenvalue weighted by atomic mass is 10.2. The highest BCUT2D eigenvalue weighted by molar-refractivity contribution is 7.89. The van der Waals surface area contributed by atoms with Gasteiger partial charge in [0.1, 0.15) is 6.61 Å². The summed E-state index contributed by atoms with van der Waals surface area (Å²) in [4.78, 5) is 0. The monoisotopic (exact) mass is 263 g/mol. The second kappa shape index (κ2) is 7.08. The van der Waals surface area contributed by atoms with Crippen LogP contribution in [0.15, 0.2) is 0 Å². The predicted octanol–water partition coefficient (Wildman–Crippen LogP) is 1.41. The average Bonchev–Trinajstić information content (AvgIpc) is 2.06. The molecule has 0 aliphatic heterocycles. The molecule has 16 heavy (non-hydrogen) atoms. The van der Waals surface area contributed by atoms with Crippen LogP contribution < -0.4 is 5.14 Å². The Morgan fingerprint density at radius 3 is 2.12 bits per heavy atom. The van der Waals surface area contributed by atoms with Crippen molar-refractivity contribution >= 4 is 10.0 Å². The van der Waals surface area contributed by atoms with Gasteiger partial charge in [0.25, 0.3) is 0 Å². The molecule has 0 atom stereocenters. The molecule has 0 rings (SSSR count). The second-order valence-corrected chi connectivity index (χ2v) is 5.18. The number of unbranched alkanes of at least 4 members (excludes halogenated alkanes) is 3. The van der Waals surface area contributed by atoms with Gasteiger partial charge in [-0.2, -0.15) is 13.2 Å². The van der Waals surface area contributed by atoms with Gasteiger partial charge >= 0.3 is 6.18 Å². The fourth-order valence-corrected chi connectivity index (χ4v) is 1.66. The molecule has 0 saturated carbocycles. The molecule has 0 amide bonds. The third-order valence-corrected chi connectivity index (χ3v) is 2.59. The fourth-order valence-electron chi connectivity index (χ4n) is 1.05. The Kier molecular flexibility index (Phi) is 6.93. The van der Waals surface area contributed by atoms with Crippen LogP contribution in [0.25, 0.3) is 0 Å². The van der Waals surface area contributed by atoms with Gasteiger partial charge in [0.05, 0.1) is 5.75 Å². The van der Waals surface area contributed by atoms with E-state index in [4.69, 9.17) is 5.14 Å². The molecule has 0 saturated heterocycles. The minimum Gasteiger partial charge on any atom is -0.372 e. The standard InChI is InChI=1S/C8H16F3NO3S/c9-8(10,11)7-15-5-3-1-2-4-6-16(12,13)14/h1-7H2,(H2,12,13,14). The molecule has 0 aromatic rings. The zero-order valence-corrected chi connectivity index (χ0v) is 9.61. The number of primary sulfonamides is 1. The maximum absolute atomic E-state index is 11.6. The fraction of sp³-hybridized carbons (Fsp3) is 1.00. The first kappa shape index (κ1) is 15.7. The summed E-state index contributed by atoms with van der Waals surface area (Å²) in [5.74, 6) is -0.0869. The molecule has 0 aromatic heterocycles. The molecule has 98 valence electrons. The molecular weight excluding hydrogens is 247 g/mol. The molecule has 2 N–H and O–H groups in total. The van der Waals surface area contributed by atoms with Crippen LogP contribution in [0.1, 0.15) is 25.7 Å². The maximum Gasteiger partial charge on any atom is 0.411 e. The summed E-state index contributed by atoms with van der Waals surface area (Å²) in [6.45, 7) is -1.20. The Bertz CT molecular complexity index is 277. The van der Waals surface area contributed by atoms with Crippen LogP contribution >= 0.6 is 0 Å². The van der Waals surface area contributed by atoms with Gasteiger partial charge < -0.3 is 4.74 Å². The first-order valence-electron chi connectivity index (χ1n) is 4.86. The van der Waals surface area contributed by atoms with Gasteiger partial charge in [-0.15, -0.1) is 0 Å². The molecule has 0 aliphatic rings. The summed E-state index contributed by atoms with van der Waals surface area (Å²) in [6, 6.07) is 0. The van der Waals surface area contributed by atoms with Crippen molar-refractivity contribution in [3.8, 4) is 0 Å². The first-order chi connectivity index (χ1) is 7.21. The Balaban J connectivity index is 3.23. The highest BCUT2D eigenvalue weighted by Gasteiger charge is 2.27. The first-order valence-corrected chi connectivity index (χ1v) is 6.57. The second-order valence-electron chi connectivity index (χ2n) is 3.45. The van der Waals surface area contributed by atoms with Crippen molar-refractivity contribution in [2.45, 2.75) is 31.9 Å². The van der Waals surface area contributed by atoms with Crippen LogP contribution in [-0.2, 0) is 14.8 Å². The third kappa shape index (κ3) is 13.7. The van der Waals surface area contributed by atoms with E-state index in [-0.39, 0.29) is 12.4 Å². The quantitative estimate of drug-likeness (QED) is 0.673. The van der Waals surface area contributed by atoms with E-state index in [1.54, 1.807) is 0 Å². The van der Waals surface area contributed by atoms with Gasteiger partial charge in [-0.25, -0.2) is 13.6 Å². The van der Waals surface area contributed by atoms with E-state index in [1.165, 1.54) is 0 Å². The number of hydrogen-bond acceptors (Lipinski definition) is 3. The SMILES string of the molecule is NS(=O)(=O)CCCCCCOCC(F)(F)F. The van der Waals surface area contributed by atoms with Gasteiger partial charge in [0, 0.05) is 6.61 Å². The maximum atomic E-state index is 11.6. The number of alkyl halides is 3. The zero-order chi connectivity index (χ0) is 12.7. The van der Waals surface area contributed by atoms with Crippen molar-refractivity contribution in [2.24, 2.45) is 5.14 Å². The molecule has 0 aromatic carbocycles. The minimum absolute atomic E-state index is 0.0366. The average molecular weight is 263 g/mol. The number of sulfonamides is 1. The van der Waals surface area contributed by atoms with Crippen molar-refractivity contribution in [1.82, 2.24) is 0 Å². The number of rotatable bonds is 8. The largest absolute Gasteiger partial charge is 0.411 e. The Labute approximate surface area is 93.0 Å². The Morgan fingerprint density at radius 1 is 1.06 bits per heavy atom. The normalized spacial score (nSPS) is 13.0. The summed E-state index contributed by atoms with van der Waals surface area (Å²) in [6.07, 6.45) is -2.12. The molecule has 4 nitrogen and oxygen atoms in total. The van der Waals surface area contributed by atoms with E-state index in [0.717, 1.165) is 0 Å². The molecule has 0 fully saturated rings. The number of hydrogen-bond donors (Lipinski definition) is 1. The lowest BCUT2D eigenvalue weighted by Gasteiger charge is -2.07. The molecule has 0 unspecified atom stereocenters. The summed E-state index contributed by atoms with van der Waals surface area (Å²) < 4.78 is 60.2. The van der Waals surface area contributed by atoms with Gasteiger partial charge in [0.2, 0.25) is 10.0 Å². The van der Waals surface area contributed by atoms with E-state index in [0.29, 0.717) is 25.7 Å². The molecule has 0 spiro atoms. The van der Waals surface area contributed by atoms with Crippen molar-refractivity contribution in [3.05, 3.63) is 0 Å². The topological polar surface area (TPSA) is 69.4 Å². The van der Waals surface area contributed by atoms with Crippen LogP contribution in [0, 0.1) is 0 Å². The van der Waals surface area contributed by atoms with E-state index in [9.17, 15) is 21.6 Å². The van der Waals surface area contributed by atoms with Crippen molar-refractivity contribution in [2.75, 3.05) is 19.0 Å². The van der Waals surface area contributed by atoms with Crippen LogP contribution in [-0.4, -0.2) is 33.6 Å². The van der Waals surface area contributed by atoms with Gasteiger partial charge in [0.15, 0.2) is 0 Å². The number of ether oxygens (including phenoxy) is 1. The van der Waals surface area contributed by atoms with Crippen LogP contribution in [0.3, 0.4) is 0 Å². The number of halogens is 3. The highest BCUT2D eigenvalue weighted by atomic mass is 32.2.